The number of carbonyl (C=O) groups excluding carboxylic acids is 1. The third-order valence-electron chi connectivity index (χ3n) is 3.74. The summed E-state index contributed by atoms with van der Waals surface area (Å²) in [6, 6.07) is 12.5. The van der Waals surface area contributed by atoms with E-state index in [0.29, 0.717) is 11.4 Å². The van der Waals surface area contributed by atoms with Gasteiger partial charge in [0.2, 0.25) is 0 Å². The minimum atomic E-state index is -0.508. The number of nitrogens with zero attached hydrogens (tertiary/aromatic N) is 1. The molecule has 0 fully saturated rings. The van der Waals surface area contributed by atoms with E-state index >= 15 is 0 Å². The van der Waals surface area contributed by atoms with Crippen molar-refractivity contribution in [1.82, 2.24) is 0 Å². The number of phenolic OH excluding ortho intramolecular Hbond substituents is 1. The van der Waals surface area contributed by atoms with Crippen molar-refractivity contribution in [2.24, 2.45) is 0 Å². The van der Waals surface area contributed by atoms with Gasteiger partial charge in [-0.1, -0.05) is 18.2 Å². The molecule has 0 aliphatic heterocycles. The van der Waals surface area contributed by atoms with E-state index in [-0.39, 0.29) is 11.3 Å². The molecule has 2 aromatic rings. The SMILES string of the molecule is Cc1ccc(O)c(N/C=C(/C#N)C(=O)Nc2cccc(C)c2C)c1. The molecule has 5 nitrogen and oxygen atoms in total. The first-order valence-corrected chi connectivity index (χ1v) is 7.46. The molecule has 0 atom stereocenters. The predicted octanol–water partition coefficient (Wildman–Crippen LogP) is 3.78. The van der Waals surface area contributed by atoms with Crippen molar-refractivity contribution >= 4 is 17.3 Å². The zero-order chi connectivity index (χ0) is 17.7. The highest BCUT2D eigenvalue weighted by Crippen LogP contribution is 2.24. The molecule has 0 saturated carbocycles. The molecule has 0 radical (unpaired) electrons. The second-order valence-corrected chi connectivity index (χ2v) is 5.54. The predicted molar refractivity (Wildman–Crippen MR) is 94.7 cm³/mol. The fraction of sp³-hybridized carbons (Fsp3) is 0.158. The van der Waals surface area contributed by atoms with Crippen LogP contribution in [0.25, 0.3) is 0 Å². The Labute approximate surface area is 141 Å². The maximum absolute atomic E-state index is 12.3. The van der Waals surface area contributed by atoms with Gasteiger partial charge in [0, 0.05) is 11.9 Å². The number of nitriles is 1. The van der Waals surface area contributed by atoms with E-state index < -0.39 is 5.91 Å². The third kappa shape index (κ3) is 3.93. The van der Waals surface area contributed by atoms with Gasteiger partial charge < -0.3 is 15.7 Å². The van der Waals surface area contributed by atoms with Crippen LogP contribution in [0.5, 0.6) is 5.75 Å². The number of anilines is 2. The van der Waals surface area contributed by atoms with Gasteiger partial charge in [0.15, 0.2) is 0 Å². The summed E-state index contributed by atoms with van der Waals surface area (Å²) in [6.07, 6.45) is 1.29. The van der Waals surface area contributed by atoms with Crippen molar-refractivity contribution in [2.45, 2.75) is 20.8 Å². The molecule has 0 unspecified atom stereocenters. The van der Waals surface area contributed by atoms with Gasteiger partial charge in [-0.25, -0.2) is 0 Å². The van der Waals surface area contributed by atoms with Gasteiger partial charge in [0.25, 0.3) is 5.91 Å². The molecule has 0 spiro atoms. The Balaban J connectivity index is 2.18. The minimum Gasteiger partial charge on any atom is -0.506 e. The van der Waals surface area contributed by atoms with Gasteiger partial charge >= 0.3 is 0 Å². The van der Waals surface area contributed by atoms with Crippen molar-refractivity contribution < 1.29 is 9.90 Å². The quantitative estimate of drug-likeness (QED) is 0.454. The van der Waals surface area contributed by atoms with Crippen LogP contribution in [0.3, 0.4) is 0 Å². The van der Waals surface area contributed by atoms with Crippen LogP contribution in [0.4, 0.5) is 11.4 Å². The van der Waals surface area contributed by atoms with Crippen LogP contribution in [0.1, 0.15) is 16.7 Å². The number of hydrogen-bond donors (Lipinski definition) is 3. The first-order chi connectivity index (χ1) is 11.4. The first kappa shape index (κ1) is 17.1. The van der Waals surface area contributed by atoms with Crippen LogP contribution in [-0.4, -0.2) is 11.0 Å². The van der Waals surface area contributed by atoms with Gasteiger partial charge in [-0.05, 0) is 55.7 Å². The molecule has 0 aliphatic rings. The number of aryl methyl sites for hydroxylation is 2. The van der Waals surface area contributed by atoms with E-state index in [2.05, 4.69) is 10.6 Å². The normalized spacial score (nSPS) is 10.8. The average Bonchev–Trinajstić information content (AvgIpc) is 2.55. The van der Waals surface area contributed by atoms with Gasteiger partial charge in [0.1, 0.15) is 17.4 Å². The number of aromatic hydroxyl groups is 1. The number of phenols is 1. The molecule has 3 N–H and O–H groups in total. The van der Waals surface area contributed by atoms with E-state index in [1.54, 1.807) is 24.3 Å². The lowest BCUT2D eigenvalue weighted by atomic mass is 10.1. The standard InChI is InChI=1S/C19H19N3O2/c1-12-7-8-18(23)17(9-12)21-11-15(10-20)19(24)22-16-6-4-5-13(2)14(16)3/h4-9,11,21,23H,1-3H3,(H,22,24)/b15-11-. The molecule has 0 bridgehead atoms. The fourth-order valence-corrected chi connectivity index (χ4v) is 2.14. The summed E-state index contributed by atoms with van der Waals surface area (Å²) in [5.74, 6) is -0.463. The molecule has 0 aliphatic carbocycles. The number of amides is 1. The second kappa shape index (κ2) is 7.34. The average molecular weight is 321 g/mol. The molecule has 2 aromatic carbocycles. The number of benzene rings is 2. The zero-order valence-electron chi connectivity index (χ0n) is 13.8. The Bertz CT molecular complexity index is 848. The fourth-order valence-electron chi connectivity index (χ4n) is 2.14. The summed E-state index contributed by atoms with van der Waals surface area (Å²) in [4.78, 5) is 12.3. The minimum absolute atomic E-state index is 0.0454. The number of rotatable bonds is 4. The molecule has 1 amide bonds. The van der Waals surface area contributed by atoms with Crippen LogP contribution in [0, 0.1) is 32.1 Å². The van der Waals surface area contributed by atoms with E-state index in [1.807, 2.05) is 39.0 Å². The van der Waals surface area contributed by atoms with Crippen molar-refractivity contribution in [2.75, 3.05) is 10.6 Å². The molecular formula is C19H19N3O2. The van der Waals surface area contributed by atoms with Crippen LogP contribution < -0.4 is 10.6 Å². The highest BCUT2D eigenvalue weighted by molar-refractivity contribution is 6.07. The van der Waals surface area contributed by atoms with E-state index in [1.165, 1.54) is 6.20 Å². The van der Waals surface area contributed by atoms with Crippen LogP contribution >= 0.6 is 0 Å². The van der Waals surface area contributed by atoms with Crippen molar-refractivity contribution in [3.05, 3.63) is 64.9 Å². The van der Waals surface area contributed by atoms with E-state index in [9.17, 15) is 15.2 Å². The summed E-state index contributed by atoms with van der Waals surface area (Å²) >= 11 is 0. The Morgan fingerprint density at radius 2 is 1.92 bits per heavy atom. The third-order valence-corrected chi connectivity index (χ3v) is 3.74. The largest absolute Gasteiger partial charge is 0.506 e. The topological polar surface area (TPSA) is 85.2 Å². The van der Waals surface area contributed by atoms with Crippen LogP contribution in [-0.2, 0) is 4.79 Å². The second-order valence-electron chi connectivity index (χ2n) is 5.54. The molecule has 2 rings (SSSR count). The lowest BCUT2D eigenvalue weighted by Gasteiger charge is -2.10. The van der Waals surface area contributed by atoms with Gasteiger partial charge in [0.05, 0.1) is 5.69 Å². The molecular weight excluding hydrogens is 302 g/mol. The summed E-state index contributed by atoms with van der Waals surface area (Å²) in [7, 11) is 0. The molecule has 122 valence electrons. The van der Waals surface area contributed by atoms with Crippen LogP contribution in [0.15, 0.2) is 48.2 Å². The monoisotopic (exact) mass is 321 g/mol. The van der Waals surface area contributed by atoms with Crippen molar-refractivity contribution in [3.8, 4) is 11.8 Å². The highest BCUT2D eigenvalue weighted by Gasteiger charge is 2.11. The maximum Gasteiger partial charge on any atom is 0.267 e. The Morgan fingerprint density at radius 1 is 1.17 bits per heavy atom. The highest BCUT2D eigenvalue weighted by atomic mass is 16.3. The maximum atomic E-state index is 12.3. The van der Waals surface area contributed by atoms with Crippen LogP contribution in [0.2, 0.25) is 0 Å². The van der Waals surface area contributed by atoms with E-state index in [0.717, 1.165) is 16.7 Å². The van der Waals surface area contributed by atoms with Crippen molar-refractivity contribution in [3.63, 3.8) is 0 Å². The summed E-state index contributed by atoms with van der Waals surface area (Å²) in [6.45, 7) is 5.74. The first-order valence-electron chi connectivity index (χ1n) is 7.46. The lowest BCUT2D eigenvalue weighted by molar-refractivity contribution is -0.112. The Morgan fingerprint density at radius 3 is 2.62 bits per heavy atom. The number of hydrogen-bond acceptors (Lipinski definition) is 4. The Hall–Kier alpha value is -3.26. The lowest BCUT2D eigenvalue weighted by Crippen LogP contribution is -2.15. The number of carbonyl (C=O) groups is 1. The van der Waals surface area contributed by atoms with Gasteiger partial charge in [-0.15, -0.1) is 0 Å². The van der Waals surface area contributed by atoms with E-state index in [4.69, 9.17) is 0 Å². The molecule has 0 heterocycles. The summed E-state index contributed by atoms with van der Waals surface area (Å²) in [5, 5.41) is 24.5. The smallest absolute Gasteiger partial charge is 0.267 e. The zero-order valence-corrected chi connectivity index (χ0v) is 13.8. The number of nitrogens with one attached hydrogen (secondary N) is 2. The Kier molecular flexibility index (Phi) is 5.23. The summed E-state index contributed by atoms with van der Waals surface area (Å²) < 4.78 is 0. The van der Waals surface area contributed by atoms with Gasteiger partial charge in [-0.2, -0.15) is 5.26 Å². The molecule has 0 saturated heterocycles. The van der Waals surface area contributed by atoms with Crippen molar-refractivity contribution in [1.29, 1.82) is 5.26 Å². The van der Waals surface area contributed by atoms with Gasteiger partial charge in [-0.3, -0.25) is 4.79 Å². The summed E-state index contributed by atoms with van der Waals surface area (Å²) in [5.41, 5.74) is 3.96. The molecule has 0 aromatic heterocycles. The molecule has 5 heteroatoms. The molecule has 24 heavy (non-hydrogen) atoms.